The second-order valence-corrected chi connectivity index (χ2v) is 8.10. The lowest BCUT2D eigenvalue weighted by atomic mass is 10.1. The van der Waals surface area contributed by atoms with Gasteiger partial charge in [-0.25, -0.2) is 19.4 Å². The normalized spacial score (nSPS) is 14.1. The zero-order chi connectivity index (χ0) is 26.3. The zero-order valence-corrected chi connectivity index (χ0v) is 19.9. The monoisotopic (exact) mass is 528 g/mol. The molecule has 3 aromatic rings. The van der Waals surface area contributed by atoms with Gasteiger partial charge in [0.05, 0.1) is 35.1 Å². The fourth-order valence-corrected chi connectivity index (χ4v) is 3.63. The Kier molecular flexibility index (Phi) is 9.04. The fraction of sp³-hybridized carbons (Fsp3) is 0.409. The van der Waals surface area contributed by atoms with Crippen molar-refractivity contribution in [3.05, 3.63) is 47.0 Å². The molecule has 1 amide bonds. The third-order valence-electron chi connectivity index (χ3n) is 5.23. The number of carbonyl (C=O) groups is 2. The van der Waals surface area contributed by atoms with Crippen molar-refractivity contribution >= 4 is 40.2 Å². The number of nitrogens with zero attached hydrogens (tertiary/aromatic N) is 4. The number of alkyl halides is 3. The van der Waals surface area contributed by atoms with Crippen LogP contribution in [0.4, 0.5) is 18.9 Å². The SMILES string of the molecule is CCn1ncc2c(NC3CCOCC3)c(C(=O)NCc3cccc(Cl)n3)cnc21.O=C(O)C(F)(F)F. The fourth-order valence-electron chi connectivity index (χ4n) is 3.45. The number of fused-ring (bicyclic) bond motifs is 1. The minimum Gasteiger partial charge on any atom is -0.475 e. The van der Waals surface area contributed by atoms with Crippen LogP contribution in [0, 0.1) is 0 Å². The van der Waals surface area contributed by atoms with Crippen LogP contribution in [0.15, 0.2) is 30.6 Å². The van der Waals surface area contributed by atoms with Gasteiger partial charge in [0.15, 0.2) is 5.65 Å². The summed E-state index contributed by atoms with van der Waals surface area (Å²) in [6, 6.07) is 5.56. The molecule has 1 fully saturated rings. The van der Waals surface area contributed by atoms with Crippen LogP contribution in [-0.2, 0) is 22.6 Å². The lowest BCUT2D eigenvalue weighted by Gasteiger charge is -2.25. The summed E-state index contributed by atoms with van der Waals surface area (Å²) in [6.07, 6.45) is 0.0693. The van der Waals surface area contributed by atoms with E-state index in [0.29, 0.717) is 36.2 Å². The number of hydrogen-bond donors (Lipinski definition) is 3. The molecule has 0 bridgehead atoms. The number of amides is 1. The van der Waals surface area contributed by atoms with E-state index in [0.717, 1.165) is 29.6 Å². The number of carbonyl (C=O) groups excluding carboxylic acids is 1. The Morgan fingerprint density at radius 1 is 1.25 bits per heavy atom. The third-order valence-corrected chi connectivity index (χ3v) is 5.44. The van der Waals surface area contributed by atoms with Crippen molar-refractivity contribution in [2.75, 3.05) is 18.5 Å². The van der Waals surface area contributed by atoms with Crippen molar-refractivity contribution in [3.63, 3.8) is 0 Å². The Morgan fingerprint density at radius 3 is 2.56 bits per heavy atom. The van der Waals surface area contributed by atoms with Gasteiger partial charge >= 0.3 is 12.1 Å². The Bertz CT molecular complexity index is 1210. The van der Waals surface area contributed by atoms with Gasteiger partial charge in [-0.1, -0.05) is 17.7 Å². The van der Waals surface area contributed by atoms with Crippen molar-refractivity contribution in [1.82, 2.24) is 25.1 Å². The minimum atomic E-state index is -5.08. The Morgan fingerprint density at radius 2 is 1.94 bits per heavy atom. The summed E-state index contributed by atoms with van der Waals surface area (Å²) in [4.78, 5) is 30.6. The molecule has 0 aliphatic carbocycles. The number of carboxylic acids is 1. The van der Waals surface area contributed by atoms with Crippen LogP contribution in [0.2, 0.25) is 5.15 Å². The van der Waals surface area contributed by atoms with Crippen molar-refractivity contribution in [3.8, 4) is 0 Å². The smallest absolute Gasteiger partial charge is 0.475 e. The molecule has 14 heteroatoms. The number of ether oxygens (including phenoxy) is 1. The van der Waals surface area contributed by atoms with E-state index in [-0.39, 0.29) is 18.5 Å². The highest BCUT2D eigenvalue weighted by atomic mass is 35.5. The van der Waals surface area contributed by atoms with Crippen LogP contribution in [0.1, 0.15) is 35.8 Å². The maximum absolute atomic E-state index is 13.0. The highest BCUT2D eigenvalue weighted by Gasteiger charge is 2.38. The number of rotatable bonds is 6. The average Bonchev–Trinajstić information content (AvgIpc) is 3.27. The summed E-state index contributed by atoms with van der Waals surface area (Å²) < 4.78 is 39.0. The Labute approximate surface area is 208 Å². The van der Waals surface area contributed by atoms with Crippen LogP contribution >= 0.6 is 11.6 Å². The molecule has 4 heterocycles. The molecule has 0 aromatic carbocycles. The number of hydrogen-bond acceptors (Lipinski definition) is 7. The van der Waals surface area contributed by atoms with E-state index in [1.54, 1.807) is 18.5 Å². The maximum Gasteiger partial charge on any atom is 0.490 e. The van der Waals surface area contributed by atoms with E-state index in [1.165, 1.54) is 0 Å². The topological polar surface area (TPSA) is 131 Å². The van der Waals surface area contributed by atoms with Gasteiger partial charge in [0.25, 0.3) is 5.91 Å². The number of aliphatic carboxylic acids is 1. The number of carboxylic acid groups (broad SMARTS) is 1. The van der Waals surface area contributed by atoms with Crippen LogP contribution in [0.5, 0.6) is 0 Å². The molecule has 194 valence electrons. The summed E-state index contributed by atoms with van der Waals surface area (Å²) in [5.41, 5.74) is 2.70. The van der Waals surface area contributed by atoms with Crippen molar-refractivity contribution in [2.24, 2.45) is 0 Å². The summed E-state index contributed by atoms with van der Waals surface area (Å²) in [7, 11) is 0. The second-order valence-electron chi connectivity index (χ2n) is 7.71. The second kappa shape index (κ2) is 12.0. The van der Waals surface area contributed by atoms with Gasteiger partial charge in [-0.2, -0.15) is 18.3 Å². The number of pyridine rings is 2. The molecule has 0 radical (unpaired) electrons. The molecule has 1 aliphatic rings. The molecule has 3 aromatic heterocycles. The highest BCUT2D eigenvalue weighted by Crippen LogP contribution is 2.28. The predicted molar refractivity (Wildman–Crippen MR) is 125 cm³/mol. The molecule has 1 aliphatic heterocycles. The number of aromatic nitrogens is 4. The van der Waals surface area contributed by atoms with E-state index in [4.69, 9.17) is 26.2 Å². The molecule has 1 saturated heterocycles. The van der Waals surface area contributed by atoms with Crippen molar-refractivity contribution in [1.29, 1.82) is 0 Å². The average molecular weight is 529 g/mol. The first-order valence-corrected chi connectivity index (χ1v) is 11.4. The summed E-state index contributed by atoms with van der Waals surface area (Å²) >= 11 is 5.93. The number of halogens is 4. The van der Waals surface area contributed by atoms with E-state index in [2.05, 4.69) is 25.7 Å². The molecular formula is C22H24ClF3N6O4. The van der Waals surface area contributed by atoms with E-state index in [1.807, 2.05) is 23.7 Å². The zero-order valence-electron chi connectivity index (χ0n) is 19.2. The van der Waals surface area contributed by atoms with Gasteiger partial charge in [-0.05, 0) is 31.9 Å². The van der Waals surface area contributed by atoms with Gasteiger partial charge in [-0.3, -0.25) is 4.79 Å². The molecule has 0 atom stereocenters. The lowest BCUT2D eigenvalue weighted by Crippen LogP contribution is -2.30. The van der Waals surface area contributed by atoms with Gasteiger partial charge in [0.1, 0.15) is 5.15 Å². The van der Waals surface area contributed by atoms with Crippen LogP contribution in [0.3, 0.4) is 0 Å². The van der Waals surface area contributed by atoms with Crippen LogP contribution < -0.4 is 10.6 Å². The van der Waals surface area contributed by atoms with E-state index in [9.17, 15) is 18.0 Å². The third kappa shape index (κ3) is 7.04. The molecule has 10 nitrogen and oxygen atoms in total. The number of aryl methyl sites for hydroxylation is 1. The predicted octanol–water partition coefficient (Wildman–Crippen LogP) is 3.65. The summed E-state index contributed by atoms with van der Waals surface area (Å²) in [6.45, 7) is 4.42. The Hall–Kier alpha value is -3.45. The quantitative estimate of drug-likeness (QED) is 0.413. The van der Waals surface area contributed by atoms with Crippen LogP contribution in [-0.4, -0.2) is 62.2 Å². The largest absolute Gasteiger partial charge is 0.490 e. The molecule has 4 rings (SSSR count). The summed E-state index contributed by atoms with van der Waals surface area (Å²) in [5, 5.41) is 19.2. The Balaban J connectivity index is 0.000000454. The van der Waals surface area contributed by atoms with Gasteiger partial charge < -0.3 is 20.5 Å². The van der Waals surface area contributed by atoms with Gasteiger partial charge in [0, 0.05) is 32.0 Å². The van der Waals surface area contributed by atoms with Crippen LogP contribution in [0.25, 0.3) is 11.0 Å². The van der Waals surface area contributed by atoms with E-state index < -0.39 is 12.1 Å². The molecule has 0 saturated carbocycles. The number of anilines is 1. The maximum atomic E-state index is 13.0. The van der Waals surface area contributed by atoms with Crippen molar-refractivity contribution in [2.45, 2.75) is 45.1 Å². The standard InChI is InChI=1S/C20H23ClN6O2.C2HF3O2/c1-2-27-19-15(12-24-27)18(26-13-6-8-29-9-7-13)16(11-22-19)20(28)23-10-14-4-3-5-17(21)25-14;3-2(4,5)1(6)7/h3-5,11-13H,2,6-10H2,1H3,(H,22,26)(H,23,28);(H,6,7). The molecule has 0 unspecified atom stereocenters. The van der Waals surface area contributed by atoms with E-state index >= 15 is 0 Å². The minimum absolute atomic E-state index is 0.222. The van der Waals surface area contributed by atoms with Gasteiger partial charge in [0.2, 0.25) is 0 Å². The highest BCUT2D eigenvalue weighted by molar-refractivity contribution is 6.29. The number of nitrogens with one attached hydrogen (secondary N) is 2. The molecular weight excluding hydrogens is 505 g/mol. The molecule has 3 N–H and O–H groups in total. The van der Waals surface area contributed by atoms with Crippen molar-refractivity contribution < 1.29 is 32.6 Å². The first-order chi connectivity index (χ1) is 17.1. The summed E-state index contributed by atoms with van der Waals surface area (Å²) in [5.74, 6) is -2.98. The molecule has 36 heavy (non-hydrogen) atoms. The lowest BCUT2D eigenvalue weighted by molar-refractivity contribution is -0.192. The van der Waals surface area contributed by atoms with Gasteiger partial charge in [-0.15, -0.1) is 0 Å². The first-order valence-electron chi connectivity index (χ1n) is 11.0. The first kappa shape index (κ1) is 27.1. The molecule has 0 spiro atoms.